The lowest BCUT2D eigenvalue weighted by Crippen LogP contribution is -2.15. The van der Waals surface area contributed by atoms with E-state index in [1.54, 1.807) is 0 Å². The number of hydrogen-bond acceptors (Lipinski definition) is 6. The Kier molecular flexibility index (Phi) is 4.45. The van der Waals surface area contributed by atoms with Gasteiger partial charge in [0.05, 0.1) is 0 Å². The van der Waals surface area contributed by atoms with Gasteiger partial charge in [-0.2, -0.15) is 20.2 Å². The third-order valence-electron chi connectivity index (χ3n) is 1.69. The van der Waals surface area contributed by atoms with Crippen molar-refractivity contribution in [3.05, 3.63) is 5.82 Å². The van der Waals surface area contributed by atoms with E-state index >= 15 is 0 Å². The lowest BCUT2D eigenvalue weighted by Gasteiger charge is -2.09. The van der Waals surface area contributed by atoms with Gasteiger partial charge in [-0.25, -0.2) is 0 Å². The number of rotatable bonds is 5. The summed E-state index contributed by atoms with van der Waals surface area (Å²) in [6, 6.07) is 2.13. The first-order chi connectivity index (χ1) is 7.65. The minimum Gasteiger partial charge on any atom is -0.354 e. The smallest absolute Gasteiger partial charge is 0.238 e. The number of nitrogens with one attached hydrogen (secondary N) is 2. The first kappa shape index (κ1) is 12.2. The van der Waals surface area contributed by atoms with Crippen LogP contribution in [-0.4, -0.2) is 27.5 Å². The van der Waals surface area contributed by atoms with Crippen molar-refractivity contribution >= 4 is 11.9 Å². The van der Waals surface area contributed by atoms with Gasteiger partial charge in [0.25, 0.3) is 0 Å². The molecular formula is C10H16N6. The number of aromatic nitrogens is 3. The molecule has 0 aliphatic rings. The minimum atomic E-state index is 0.122. The quantitative estimate of drug-likeness (QED) is 0.779. The molecule has 1 heterocycles. The van der Waals surface area contributed by atoms with Crippen LogP contribution in [0.15, 0.2) is 0 Å². The predicted octanol–water partition coefficient (Wildman–Crippen LogP) is 1.39. The predicted molar refractivity (Wildman–Crippen MR) is 62.1 cm³/mol. The van der Waals surface area contributed by atoms with Crippen molar-refractivity contribution in [1.82, 2.24) is 15.0 Å². The van der Waals surface area contributed by atoms with Crippen molar-refractivity contribution in [1.29, 1.82) is 5.26 Å². The van der Waals surface area contributed by atoms with Crippen LogP contribution in [0.5, 0.6) is 0 Å². The van der Waals surface area contributed by atoms with E-state index in [9.17, 15) is 0 Å². The van der Waals surface area contributed by atoms with Crippen LogP contribution >= 0.6 is 0 Å². The SMILES string of the molecule is CCCNc1nc(C#N)nc(NC(C)C)n1. The molecule has 0 bridgehead atoms. The molecule has 0 aliphatic heterocycles. The molecule has 2 N–H and O–H groups in total. The summed E-state index contributed by atoms with van der Waals surface area (Å²) >= 11 is 0. The standard InChI is InChI=1S/C10H16N6/c1-4-5-12-9-14-8(6-11)15-10(16-9)13-7(2)3/h7H,4-5H2,1-3H3,(H2,12,13,14,15,16). The zero-order chi connectivity index (χ0) is 12.0. The van der Waals surface area contributed by atoms with Gasteiger partial charge < -0.3 is 10.6 Å². The van der Waals surface area contributed by atoms with Gasteiger partial charge in [-0.1, -0.05) is 6.92 Å². The van der Waals surface area contributed by atoms with Gasteiger partial charge in [0.15, 0.2) is 0 Å². The third-order valence-corrected chi connectivity index (χ3v) is 1.69. The Hall–Kier alpha value is -1.90. The van der Waals surface area contributed by atoms with Crippen LogP contribution in [0.2, 0.25) is 0 Å². The van der Waals surface area contributed by atoms with Gasteiger partial charge in [0.1, 0.15) is 6.07 Å². The van der Waals surface area contributed by atoms with Crippen LogP contribution < -0.4 is 10.6 Å². The second-order valence-electron chi connectivity index (χ2n) is 3.64. The van der Waals surface area contributed by atoms with Crippen molar-refractivity contribution < 1.29 is 0 Å². The average molecular weight is 220 g/mol. The summed E-state index contributed by atoms with van der Waals surface area (Å²) in [5, 5.41) is 14.9. The fraction of sp³-hybridized carbons (Fsp3) is 0.600. The van der Waals surface area contributed by atoms with E-state index in [1.807, 2.05) is 26.8 Å². The molecule has 16 heavy (non-hydrogen) atoms. The van der Waals surface area contributed by atoms with E-state index in [0.29, 0.717) is 11.9 Å². The molecule has 6 heteroatoms. The summed E-state index contributed by atoms with van der Waals surface area (Å²) in [4.78, 5) is 12.1. The number of hydrogen-bond donors (Lipinski definition) is 2. The molecule has 1 rings (SSSR count). The highest BCUT2D eigenvalue weighted by Gasteiger charge is 2.06. The maximum atomic E-state index is 8.79. The first-order valence-electron chi connectivity index (χ1n) is 5.32. The van der Waals surface area contributed by atoms with Crippen molar-refractivity contribution in [2.24, 2.45) is 0 Å². The molecular weight excluding hydrogens is 204 g/mol. The summed E-state index contributed by atoms with van der Waals surface area (Å²) < 4.78 is 0. The minimum absolute atomic E-state index is 0.122. The fourth-order valence-corrected chi connectivity index (χ4v) is 1.06. The highest BCUT2D eigenvalue weighted by Crippen LogP contribution is 2.06. The largest absolute Gasteiger partial charge is 0.354 e. The Morgan fingerprint density at radius 1 is 1.25 bits per heavy atom. The van der Waals surface area contributed by atoms with E-state index in [2.05, 4.69) is 25.6 Å². The first-order valence-corrected chi connectivity index (χ1v) is 5.32. The molecule has 0 unspecified atom stereocenters. The zero-order valence-electron chi connectivity index (χ0n) is 9.78. The van der Waals surface area contributed by atoms with Crippen LogP contribution in [-0.2, 0) is 0 Å². The van der Waals surface area contributed by atoms with E-state index in [1.165, 1.54) is 0 Å². The Morgan fingerprint density at radius 3 is 2.50 bits per heavy atom. The van der Waals surface area contributed by atoms with Crippen LogP contribution in [0, 0.1) is 11.3 Å². The Balaban J connectivity index is 2.88. The molecule has 0 aliphatic carbocycles. The topological polar surface area (TPSA) is 86.5 Å². The third kappa shape index (κ3) is 3.69. The molecule has 0 spiro atoms. The molecule has 1 aromatic heterocycles. The van der Waals surface area contributed by atoms with Gasteiger partial charge in [0, 0.05) is 12.6 Å². The summed E-state index contributed by atoms with van der Waals surface area (Å²) in [5.74, 6) is 0.994. The fourth-order valence-electron chi connectivity index (χ4n) is 1.06. The molecule has 0 saturated carbocycles. The van der Waals surface area contributed by atoms with Gasteiger partial charge in [-0.3, -0.25) is 0 Å². The average Bonchev–Trinajstić information content (AvgIpc) is 2.25. The van der Waals surface area contributed by atoms with Crippen molar-refractivity contribution in [3.8, 4) is 6.07 Å². The molecule has 0 fully saturated rings. The zero-order valence-corrected chi connectivity index (χ0v) is 9.78. The van der Waals surface area contributed by atoms with Crippen molar-refractivity contribution in [2.75, 3.05) is 17.2 Å². The Labute approximate surface area is 95.1 Å². The lowest BCUT2D eigenvalue weighted by atomic mass is 10.4. The van der Waals surface area contributed by atoms with Crippen LogP contribution in [0.3, 0.4) is 0 Å². The summed E-state index contributed by atoms with van der Waals surface area (Å²) in [6.45, 7) is 6.78. The van der Waals surface area contributed by atoms with Crippen LogP contribution in [0.1, 0.15) is 33.0 Å². The van der Waals surface area contributed by atoms with Gasteiger partial charge >= 0.3 is 0 Å². The molecule has 1 aromatic rings. The maximum Gasteiger partial charge on any atom is 0.238 e. The van der Waals surface area contributed by atoms with Crippen molar-refractivity contribution in [3.63, 3.8) is 0 Å². The molecule has 0 atom stereocenters. The highest BCUT2D eigenvalue weighted by molar-refractivity contribution is 5.37. The molecule has 0 amide bonds. The number of nitrogens with zero attached hydrogens (tertiary/aromatic N) is 4. The normalized spacial score (nSPS) is 9.94. The van der Waals surface area contributed by atoms with E-state index in [0.717, 1.165) is 13.0 Å². The summed E-state index contributed by atoms with van der Waals surface area (Å²) in [7, 11) is 0. The molecule has 0 aromatic carbocycles. The second kappa shape index (κ2) is 5.85. The maximum absolute atomic E-state index is 8.79. The van der Waals surface area contributed by atoms with E-state index in [-0.39, 0.29) is 11.9 Å². The van der Waals surface area contributed by atoms with E-state index in [4.69, 9.17) is 5.26 Å². The molecule has 0 saturated heterocycles. The summed E-state index contributed by atoms with van der Waals surface area (Å²) in [5.41, 5.74) is 0. The van der Waals surface area contributed by atoms with Gasteiger partial charge in [0.2, 0.25) is 17.7 Å². The monoisotopic (exact) mass is 220 g/mol. The summed E-state index contributed by atoms with van der Waals surface area (Å²) in [6.07, 6.45) is 0.973. The molecule has 0 radical (unpaired) electrons. The van der Waals surface area contributed by atoms with Gasteiger partial charge in [-0.05, 0) is 20.3 Å². The highest BCUT2D eigenvalue weighted by atomic mass is 15.2. The van der Waals surface area contributed by atoms with Crippen molar-refractivity contribution in [2.45, 2.75) is 33.2 Å². The van der Waals surface area contributed by atoms with Crippen LogP contribution in [0.25, 0.3) is 0 Å². The Morgan fingerprint density at radius 2 is 1.94 bits per heavy atom. The molecule has 6 nitrogen and oxygen atoms in total. The second-order valence-corrected chi connectivity index (χ2v) is 3.64. The van der Waals surface area contributed by atoms with E-state index < -0.39 is 0 Å². The number of anilines is 2. The van der Waals surface area contributed by atoms with Crippen LogP contribution in [0.4, 0.5) is 11.9 Å². The van der Waals surface area contributed by atoms with Gasteiger partial charge in [-0.15, -0.1) is 0 Å². The lowest BCUT2D eigenvalue weighted by molar-refractivity contribution is 0.858. The molecule has 86 valence electrons. The Bertz CT molecular complexity index is 381. The number of nitriles is 1.